The number of sulfonamides is 1. The summed E-state index contributed by atoms with van der Waals surface area (Å²) < 4.78 is 39.6. The number of anilines is 1. The zero-order chi connectivity index (χ0) is 24.4. The molecule has 0 aliphatic carbocycles. The Balaban J connectivity index is 1.50. The monoisotopic (exact) mass is 494 g/mol. The molecule has 9 heteroatoms. The zero-order valence-electron chi connectivity index (χ0n) is 20.1. The van der Waals surface area contributed by atoms with Crippen molar-refractivity contribution in [3.8, 4) is 17.4 Å². The summed E-state index contributed by atoms with van der Waals surface area (Å²) in [5.74, 6) is 3.08. The molecule has 2 aromatic carbocycles. The summed E-state index contributed by atoms with van der Waals surface area (Å²) in [5.41, 5.74) is 1.55. The number of piperidine rings is 1. The van der Waals surface area contributed by atoms with Gasteiger partial charge in [-0.05, 0) is 55.2 Å². The first-order valence-electron chi connectivity index (χ1n) is 12.0. The average Bonchev–Trinajstić information content (AvgIpc) is 2.89. The third-order valence-electron chi connectivity index (χ3n) is 6.70. The fourth-order valence-electron chi connectivity index (χ4n) is 4.48. The summed E-state index contributed by atoms with van der Waals surface area (Å²) in [6.07, 6.45) is 2.69. The third-order valence-corrected chi connectivity index (χ3v) is 8.56. The van der Waals surface area contributed by atoms with Gasteiger partial charge >= 0.3 is 0 Å². The maximum absolute atomic E-state index is 13.3. The van der Waals surface area contributed by atoms with E-state index in [2.05, 4.69) is 11.8 Å². The van der Waals surface area contributed by atoms with E-state index in [1.54, 1.807) is 31.4 Å². The van der Waals surface area contributed by atoms with Crippen molar-refractivity contribution in [2.24, 2.45) is 5.92 Å². The fourth-order valence-corrected chi connectivity index (χ4v) is 5.91. The average molecular weight is 495 g/mol. The van der Waals surface area contributed by atoms with Crippen molar-refractivity contribution in [1.29, 1.82) is 0 Å². The molecule has 0 N–H and O–H groups in total. The zero-order valence-corrected chi connectivity index (χ0v) is 20.9. The summed E-state index contributed by atoms with van der Waals surface area (Å²) in [7, 11) is -2.03. The number of rotatable bonds is 6. The highest BCUT2D eigenvalue weighted by Crippen LogP contribution is 2.34. The van der Waals surface area contributed by atoms with Crippen LogP contribution < -0.4 is 14.4 Å². The summed E-state index contributed by atoms with van der Waals surface area (Å²) >= 11 is 0. The van der Waals surface area contributed by atoms with Crippen molar-refractivity contribution >= 4 is 16.0 Å². The Hall–Kier alpha value is -3.17. The molecule has 1 fully saturated rings. The lowest BCUT2D eigenvalue weighted by Gasteiger charge is -2.33. The predicted octanol–water partition coefficient (Wildman–Crippen LogP) is 4.26. The van der Waals surface area contributed by atoms with Gasteiger partial charge in [-0.3, -0.25) is 0 Å². The van der Waals surface area contributed by atoms with Crippen LogP contribution in [0.4, 0.5) is 5.95 Å². The van der Waals surface area contributed by atoms with Crippen molar-refractivity contribution in [2.45, 2.75) is 37.6 Å². The first-order chi connectivity index (χ1) is 16.9. The quantitative estimate of drug-likeness (QED) is 0.506. The van der Waals surface area contributed by atoms with Crippen LogP contribution in [0.2, 0.25) is 0 Å². The van der Waals surface area contributed by atoms with Crippen molar-refractivity contribution in [3.63, 3.8) is 0 Å². The highest BCUT2D eigenvalue weighted by molar-refractivity contribution is 7.89. The molecule has 8 nitrogen and oxygen atoms in total. The van der Waals surface area contributed by atoms with Crippen molar-refractivity contribution < 1.29 is 17.9 Å². The highest BCUT2D eigenvalue weighted by Gasteiger charge is 2.32. The van der Waals surface area contributed by atoms with Crippen LogP contribution in [0.3, 0.4) is 0 Å². The van der Waals surface area contributed by atoms with Crippen molar-refractivity contribution in [2.75, 3.05) is 31.6 Å². The molecule has 0 amide bonds. The van der Waals surface area contributed by atoms with Gasteiger partial charge in [-0.2, -0.15) is 9.29 Å². The third kappa shape index (κ3) is 4.97. The summed E-state index contributed by atoms with van der Waals surface area (Å²) in [6, 6.07) is 15.8. The van der Waals surface area contributed by atoms with Crippen LogP contribution in [0.1, 0.15) is 31.0 Å². The van der Waals surface area contributed by atoms with E-state index in [1.807, 2.05) is 30.3 Å². The van der Waals surface area contributed by atoms with Gasteiger partial charge in [0.05, 0.1) is 23.3 Å². The van der Waals surface area contributed by atoms with Gasteiger partial charge in [-0.1, -0.05) is 25.1 Å². The number of hydrogen-bond acceptors (Lipinski definition) is 7. The van der Waals surface area contributed by atoms with Crippen molar-refractivity contribution in [3.05, 3.63) is 65.9 Å². The fraction of sp³-hybridized carbons (Fsp3) is 0.385. The first-order valence-corrected chi connectivity index (χ1v) is 13.4. The first kappa shape index (κ1) is 23.6. The lowest BCUT2D eigenvalue weighted by Crippen LogP contribution is -2.38. The molecule has 1 aromatic heterocycles. The minimum absolute atomic E-state index is 0.162. The van der Waals surface area contributed by atoms with E-state index in [4.69, 9.17) is 19.4 Å². The van der Waals surface area contributed by atoms with Gasteiger partial charge in [-0.25, -0.2) is 13.4 Å². The maximum atomic E-state index is 13.3. The van der Waals surface area contributed by atoms with Crippen LogP contribution in [-0.2, 0) is 23.0 Å². The number of aromatic nitrogens is 2. The minimum atomic E-state index is -3.64. The van der Waals surface area contributed by atoms with Crippen LogP contribution in [-0.4, -0.2) is 49.4 Å². The number of nitrogens with zero attached hydrogens (tertiary/aromatic N) is 4. The minimum Gasteiger partial charge on any atom is -0.497 e. The molecule has 0 radical (unpaired) electrons. The standard InChI is InChI=1S/C26H30N4O4S/c1-19-12-15-29(16-13-19)26-27-24-14-17-30(35(31,32)22-6-4-3-5-7-22)18-23(24)25(28-26)34-21-10-8-20(33-2)9-11-21/h3-11,19H,12-18H2,1-2H3. The van der Waals surface area contributed by atoms with E-state index in [0.717, 1.165) is 37.4 Å². The Morgan fingerprint density at radius 2 is 1.60 bits per heavy atom. The van der Waals surface area contributed by atoms with Gasteiger partial charge in [0.15, 0.2) is 0 Å². The second-order valence-corrected chi connectivity index (χ2v) is 11.0. The Labute approximate surface area is 206 Å². The molecule has 184 valence electrons. The topological polar surface area (TPSA) is 84.9 Å². The molecule has 0 atom stereocenters. The lowest BCUT2D eigenvalue weighted by molar-refractivity contribution is 0.367. The van der Waals surface area contributed by atoms with Gasteiger partial charge in [-0.15, -0.1) is 0 Å². The lowest BCUT2D eigenvalue weighted by atomic mass is 9.99. The largest absolute Gasteiger partial charge is 0.497 e. The number of ether oxygens (including phenoxy) is 2. The molecule has 0 bridgehead atoms. The molecular weight excluding hydrogens is 464 g/mol. The molecule has 3 aromatic rings. The van der Waals surface area contributed by atoms with Crippen LogP contribution >= 0.6 is 0 Å². The van der Waals surface area contributed by atoms with Gasteiger partial charge in [0.1, 0.15) is 11.5 Å². The second-order valence-electron chi connectivity index (χ2n) is 9.10. The van der Waals surface area contributed by atoms with Gasteiger partial charge in [0.2, 0.25) is 21.9 Å². The van der Waals surface area contributed by atoms with E-state index in [-0.39, 0.29) is 11.4 Å². The van der Waals surface area contributed by atoms with Gasteiger partial charge < -0.3 is 14.4 Å². The predicted molar refractivity (Wildman–Crippen MR) is 133 cm³/mol. The Morgan fingerprint density at radius 1 is 0.914 bits per heavy atom. The van der Waals surface area contributed by atoms with E-state index in [9.17, 15) is 8.42 Å². The summed E-state index contributed by atoms with van der Waals surface area (Å²) in [4.78, 5) is 12.2. The van der Waals surface area contributed by atoms with Crippen LogP contribution in [0.5, 0.6) is 17.4 Å². The molecule has 0 spiro atoms. The molecule has 2 aliphatic rings. The summed E-state index contributed by atoms with van der Waals surface area (Å²) in [5, 5.41) is 0. The smallest absolute Gasteiger partial charge is 0.243 e. The molecule has 3 heterocycles. The Bertz CT molecular complexity index is 1270. The Morgan fingerprint density at radius 3 is 2.29 bits per heavy atom. The highest BCUT2D eigenvalue weighted by atomic mass is 32.2. The van der Waals surface area contributed by atoms with E-state index >= 15 is 0 Å². The van der Waals surface area contributed by atoms with Gasteiger partial charge in [0, 0.05) is 32.6 Å². The van der Waals surface area contributed by atoms with E-state index < -0.39 is 10.0 Å². The number of benzene rings is 2. The van der Waals surface area contributed by atoms with Gasteiger partial charge in [0.25, 0.3) is 0 Å². The molecule has 1 saturated heterocycles. The maximum Gasteiger partial charge on any atom is 0.243 e. The molecule has 5 rings (SSSR count). The molecule has 2 aliphatic heterocycles. The SMILES string of the molecule is COc1ccc(Oc2nc(N3CCC(C)CC3)nc3c2CN(S(=O)(=O)c2ccccc2)CC3)cc1. The van der Waals surface area contributed by atoms with E-state index in [0.29, 0.717) is 42.0 Å². The van der Waals surface area contributed by atoms with E-state index in [1.165, 1.54) is 4.31 Å². The molecule has 0 saturated carbocycles. The molecular formula is C26H30N4O4S. The second kappa shape index (κ2) is 9.83. The molecule has 35 heavy (non-hydrogen) atoms. The Kier molecular flexibility index (Phi) is 6.62. The number of hydrogen-bond donors (Lipinski definition) is 0. The number of fused-ring (bicyclic) bond motifs is 1. The summed E-state index contributed by atoms with van der Waals surface area (Å²) in [6.45, 7) is 4.59. The van der Waals surface area contributed by atoms with Crippen molar-refractivity contribution in [1.82, 2.24) is 14.3 Å². The van der Waals surface area contributed by atoms with Crippen LogP contribution in [0, 0.1) is 5.92 Å². The normalized spacial score (nSPS) is 17.1. The number of methoxy groups -OCH3 is 1. The molecule has 0 unspecified atom stereocenters. The van der Waals surface area contributed by atoms with Crippen LogP contribution in [0.25, 0.3) is 0 Å². The van der Waals surface area contributed by atoms with Crippen LogP contribution in [0.15, 0.2) is 59.5 Å².